The van der Waals surface area contributed by atoms with Crippen LogP contribution in [0.25, 0.3) is 10.1 Å². The molecule has 76 valence electrons. The third-order valence-corrected chi connectivity index (χ3v) is 3.51. The second-order valence-corrected chi connectivity index (χ2v) is 4.68. The molecule has 1 aromatic carbocycles. The van der Waals surface area contributed by atoms with Gasteiger partial charge in [0.2, 0.25) is 0 Å². The number of aliphatic imine (C=N–C) groups is 1. The SMILES string of the molecule is c1cc2cc(NC3=NCCC3)ccc2s1. The number of nitrogens with zero attached hydrogens (tertiary/aromatic N) is 1. The van der Waals surface area contributed by atoms with Gasteiger partial charge in [0.25, 0.3) is 0 Å². The van der Waals surface area contributed by atoms with Crippen LogP contribution in [0.2, 0.25) is 0 Å². The summed E-state index contributed by atoms with van der Waals surface area (Å²) in [6.45, 7) is 0.975. The van der Waals surface area contributed by atoms with Crippen LogP contribution in [-0.4, -0.2) is 12.4 Å². The molecule has 0 saturated heterocycles. The summed E-state index contributed by atoms with van der Waals surface area (Å²) in [6.07, 6.45) is 2.27. The Bertz CT molecular complexity index is 513. The lowest BCUT2D eigenvalue weighted by Crippen LogP contribution is -2.07. The molecule has 3 rings (SSSR count). The first-order chi connectivity index (χ1) is 7.42. The van der Waals surface area contributed by atoms with Crippen LogP contribution in [0.1, 0.15) is 12.8 Å². The zero-order chi connectivity index (χ0) is 10.1. The third kappa shape index (κ3) is 1.75. The van der Waals surface area contributed by atoms with Gasteiger partial charge in [0, 0.05) is 23.4 Å². The van der Waals surface area contributed by atoms with Crippen molar-refractivity contribution in [3.8, 4) is 0 Å². The van der Waals surface area contributed by atoms with Gasteiger partial charge in [-0.3, -0.25) is 4.99 Å². The van der Waals surface area contributed by atoms with Gasteiger partial charge in [-0.25, -0.2) is 0 Å². The first-order valence-electron chi connectivity index (χ1n) is 5.19. The maximum Gasteiger partial charge on any atom is 0.101 e. The maximum absolute atomic E-state index is 4.41. The minimum absolute atomic E-state index is 0.975. The molecule has 0 atom stereocenters. The fraction of sp³-hybridized carbons (Fsp3) is 0.250. The van der Waals surface area contributed by atoms with E-state index in [2.05, 4.69) is 40.0 Å². The second kappa shape index (κ2) is 3.66. The Balaban J connectivity index is 1.90. The molecule has 0 bridgehead atoms. The van der Waals surface area contributed by atoms with Gasteiger partial charge in [-0.2, -0.15) is 0 Å². The minimum Gasteiger partial charge on any atom is -0.344 e. The molecule has 0 saturated carbocycles. The summed E-state index contributed by atoms with van der Waals surface area (Å²) < 4.78 is 1.34. The predicted molar refractivity (Wildman–Crippen MR) is 67.0 cm³/mol. The summed E-state index contributed by atoms with van der Waals surface area (Å²) in [5.41, 5.74) is 1.15. The molecular weight excluding hydrogens is 204 g/mol. The molecule has 0 spiro atoms. The van der Waals surface area contributed by atoms with Gasteiger partial charge in [0.15, 0.2) is 0 Å². The zero-order valence-electron chi connectivity index (χ0n) is 8.36. The van der Waals surface area contributed by atoms with E-state index in [-0.39, 0.29) is 0 Å². The number of thiophene rings is 1. The van der Waals surface area contributed by atoms with E-state index in [0.29, 0.717) is 0 Å². The molecule has 1 aliphatic rings. The van der Waals surface area contributed by atoms with Crippen LogP contribution < -0.4 is 5.32 Å². The highest BCUT2D eigenvalue weighted by molar-refractivity contribution is 7.17. The number of fused-ring (bicyclic) bond motifs is 1. The van der Waals surface area contributed by atoms with Crippen LogP contribution in [0.3, 0.4) is 0 Å². The minimum atomic E-state index is 0.975. The van der Waals surface area contributed by atoms with Crippen molar-refractivity contribution in [2.45, 2.75) is 12.8 Å². The average Bonchev–Trinajstić information content (AvgIpc) is 2.87. The molecule has 0 unspecified atom stereocenters. The largest absolute Gasteiger partial charge is 0.344 e. The molecule has 2 heterocycles. The fourth-order valence-corrected chi connectivity index (χ4v) is 2.62. The van der Waals surface area contributed by atoms with Crippen molar-refractivity contribution in [1.29, 1.82) is 0 Å². The van der Waals surface area contributed by atoms with Crippen molar-refractivity contribution in [3.63, 3.8) is 0 Å². The lowest BCUT2D eigenvalue weighted by atomic mass is 10.2. The van der Waals surface area contributed by atoms with Crippen LogP contribution in [0.15, 0.2) is 34.6 Å². The van der Waals surface area contributed by atoms with Crippen molar-refractivity contribution in [1.82, 2.24) is 0 Å². The average molecular weight is 216 g/mol. The molecule has 3 heteroatoms. The highest BCUT2D eigenvalue weighted by atomic mass is 32.1. The van der Waals surface area contributed by atoms with Crippen LogP contribution in [0.4, 0.5) is 5.69 Å². The van der Waals surface area contributed by atoms with E-state index in [4.69, 9.17) is 0 Å². The number of hydrogen-bond donors (Lipinski definition) is 1. The van der Waals surface area contributed by atoms with Crippen LogP contribution in [0, 0.1) is 0 Å². The van der Waals surface area contributed by atoms with E-state index < -0.39 is 0 Å². The lowest BCUT2D eigenvalue weighted by molar-refractivity contribution is 0.951. The van der Waals surface area contributed by atoms with Crippen molar-refractivity contribution < 1.29 is 0 Å². The molecular formula is C12H12N2S. The highest BCUT2D eigenvalue weighted by Gasteiger charge is 2.06. The topological polar surface area (TPSA) is 24.4 Å². The van der Waals surface area contributed by atoms with Crippen LogP contribution >= 0.6 is 11.3 Å². The van der Waals surface area contributed by atoms with E-state index >= 15 is 0 Å². The number of nitrogens with one attached hydrogen (secondary N) is 1. The summed E-state index contributed by atoms with van der Waals surface area (Å²) in [4.78, 5) is 4.41. The molecule has 1 N–H and O–H groups in total. The Morgan fingerprint density at radius 2 is 2.27 bits per heavy atom. The molecule has 1 aromatic heterocycles. The van der Waals surface area contributed by atoms with Crippen molar-refractivity contribution in [2.24, 2.45) is 4.99 Å². The van der Waals surface area contributed by atoms with Crippen molar-refractivity contribution in [3.05, 3.63) is 29.6 Å². The number of hydrogen-bond acceptors (Lipinski definition) is 3. The molecule has 2 nitrogen and oxygen atoms in total. The molecule has 0 radical (unpaired) electrons. The predicted octanol–water partition coefficient (Wildman–Crippen LogP) is 3.51. The van der Waals surface area contributed by atoms with E-state index in [1.807, 2.05) is 0 Å². The standard InChI is InChI=1S/C12H12N2S/c1-2-12(13-6-1)14-10-3-4-11-9(8-10)5-7-15-11/h3-5,7-8H,1-2,6H2,(H,13,14). The summed E-state index contributed by atoms with van der Waals surface area (Å²) >= 11 is 1.78. The summed E-state index contributed by atoms with van der Waals surface area (Å²) in [5, 5.41) is 6.81. The van der Waals surface area contributed by atoms with Gasteiger partial charge >= 0.3 is 0 Å². The Kier molecular flexibility index (Phi) is 2.18. The number of amidine groups is 1. The quantitative estimate of drug-likeness (QED) is 0.775. The van der Waals surface area contributed by atoms with E-state index in [1.54, 1.807) is 11.3 Å². The van der Waals surface area contributed by atoms with Gasteiger partial charge in [0.1, 0.15) is 5.84 Å². The van der Waals surface area contributed by atoms with E-state index in [1.165, 1.54) is 16.5 Å². The van der Waals surface area contributed by atoms with Crippen molar-refractivity contribution in [2.75, 3.05) is 11.9 Å². The number of rotatable bonds is 1. The monoisotopic (exact) mass is 216 g/mol. The van der Waals surface area contributed by atoms with Crippen LogP contribution in [-0.2, 0) is 0 Å². The highest BCUT2D eigenvalue weighted by Crippen LogP contribution is 2.24. The summed E-state index contributed by atoms with van der Waals surface area (Å²) in [5.74, 6) is 1.13. The molecule has 0 amide bonds. The second-order valence-electron chi connectivity index (χ2n) is 3.73. The van der Waals surface area contributed by atoms with E-state index in [9.17, 15) is 0 Å². The Labute approximate surface area is 92.7 Å². The van der Waals surface area contributed by atoms with E-state index in [0.717, 1.165) is 24.5 Å². The first-order valence-corrected chi connectivity index (χ1v) is 6.07. The third-order valence-electron chi connectivity index (χ3n) is 2.62. The number of anilines is 1. The molecule has 0 aliphatic carbocycles. The maximum atomic E-state index is 4.41. The smallest absolute Gasteiger partial charge is 0.101 e. The molecule has 2 aromatic rings. The summed E-state index contributed by atoms with van der Waals surface area (Å²) in [6, 6.07) is 8.63. The zero-order valence-corrected chi connectivity index (χ0v) is 9.18. The Morgan fingerprint density at radius 3 is 3.13 bits per heavy atom. The Morgan fingerprint density at radius 1 is 1.27 bits per heavy atom. The van der Waals surface area contributed by atoms with Gasteiger partial charge in [-0.05, 0) is 41.5 Å². The Hall–Kier alpha value is -1.35. The normalized spacial score (nSPS) is 15.6. The van der Waals surface area contributed by atoms with Gasteiger partial charge in [-0.15, -0.1) is 11.3 Å². The van der Waals surface area contributed by atoms with Crippen LogP contribution in [0.5, 0.6) is 0 Å². The van der Waals surface area contributed by atoms with Gasteiger partial charge in [-0.1, -0.05) is 0 Å². The lowest BCUT2D eigenvalue weighted by Gasteiger charge is -2.05. The van der Waals surface area contributed by atoms with Crippen molar-refractivity contribution >= 4 is 32.9 Å². The molecule has 1 aliphatic heterocycles. The number of benzene rings is 1. The molecule has 15 heavy (non-hydrogen) atoms. The molecule has 0 fully saturated rings. The van der Waals surface area contributed by atoms with Gasteiger partial charge in [0.05, 0.1) is 0 Å². The fourth-order valence-electron chi connectivity index (χ4n) is 1.85. The first kappa shape index (κ1) is 8.92. The van der Waals surface area contributed by atoms with Gasteiger partial charge < -0.3 is 5.32 Å². The summed E-state index contributed by atoms with van der Waals surface area (Å²) in [7, 11) is 0.